The Morgan fingerprint density at radius 3 is 2.59 bits per heavy atom. The molecule has 4 unspecified atom stereocenters. The predicted octanol–water partition coefficient (Wildman–Crippen LogP) is 1.74. The Bertz CT molecular complexity index is 844. The van der Waals surface area contributed by atoms with Gasteiger partial charge in [0.25, 0.3) is 0 Å². The third kappa shape index (κ3) is 3.84. The van der Waals surface area contributed by atoms with Crippen molar-refractivity contribution in [2.75, 3.05) is 0 Å². The number of aliphatic carboxylic acids is 1. The van der Waals surface area contributed by atoms with Crippen LogP contribution in [0.3, 0.4) is 0 Å². The van der Waals surface area contributed by atoms with Gasteiger partial charge in [0.05, 0.1) is 6.04 Å². The number of carboxylic acids is 1. The molecule has 1 saturated heterocycles. The first kappa shape index (κ1) is 19.8. The zero-order valence-corrected chi connectivity index (χ0v) is 15.8. The van der Waals surface area contributed by atoms with Gasteiger partial charge in [-0.1, -0.05) is 25.0 Å². The maximum atomic E-state index is 13.8. The first-order valence-electron chi connectivity index (χ1n) is 9.04. The number of halogens is 1. The molecule has 1 amide bonds. The van der Waals surface area contributed by atoms with Crippen molar-refractivity contribution < 1.29 is 27.5 Å². The Kier molecular flexibility index (Phi) is 5.53. The fourth-order valence-corrected chi connectivity index (χ4v) is 5.51. The number of hydrogen-bond donors (Lipinski definition) is 2. The summed E-state index contributed by atoms with van der Waals surface area (Å²) >= 11 is 0. The molecule has 1 aliphatic carbocycles. The van der Waals surface area contributed by atoms with E-state index in [1.165, 1.54) is 24.0 Å². The van der Waals surface area contributed by atoms with E-state index in [1.54, 1.807) is 0 Å². The minimum atomic E-state index is -4.25. The molecule has 3 rings (SSSR count). The molecular weight excluding hydrogens is 375 g/mol. The number of carboxylic acid groups (broad SMARTS) is 1. The minimum Gasteiger partial charge on any atom is -0.480 e. The Hall–Kier alpha value is -2.00. The highest BCUT2D eigenvalue weighted by Crippen LogP contribution is 2.40. The molecule has 2 fully saturated rings. The molecule has 1 aliphatic heterocycles. The topological polar surface area (TPSA) is 104 Å². The van der Waals surface area contributed by atoms with Crippen LogP contribution >= 0.6 is 0 Å². The SMILES string of the molecule is CC(NS(=O)(=O)c1ccccc1F)C(=O)N1C(C(=O)O)CC2CCCCC21. The van der Waals surface area contributed by atoms with E-state index in [0.29, 0.717) is 12.8 Å². The lowest BCUT2D eigenvalue weighted by Crippen LogP contribution is -2.53. The first-order valence-corrected chi connectivity index (χ1v) is 10.5. The summed E-state index contributed by atoms with van der Waals surface area (Å²) in [5.74, 6) is -2.46. The number of rotatable bonds is 5. The van der Waals surface area contributed by atoms with Gasteiger partial charge in [-0.15, -0.1) is 0 Å². The molecule has 1 aromatic rings. The number of carbonyl (C=O) groups is 2. The van der Waals surface area contributed by atoms with Gasteiger partial charge < -0.3 is 10.0 Å². The van der Waals surface area contributed by atoms with Crippen LogP contribution in [0.25, 0.3) is 0 Å². The second-order valence-electron chi connectivity index (χ2n) is 7.22. The van der Waals surface area contributed by atoms with Crippen LogP contribution < -0.4 is 4.72 Å². The van der Waals surface area contributed by atoms with Gasteiger partial charge in [0, 0.05) is 6.04 Å². The molecule has 4 atom stereocenters. The molecule has 2 N–H and O–H groups in total. The number of benzene rings is 1. The highest BCUT2D eigenvalue weighted by Gasteiger charge is 2.48. The van der Waals surface area contributed by atoms with E-state index in [9.17, 15) is 27.5 Å². The van der Waals surface area contributed by atoms with E-state index < -0.39 is 44.7 Å². The summed E-state index contributed by atoms with van der Waals surface area (Å²) in [5, 5.41) is 9.53. The summed E-state index contributed by atoms with van der Waals surface area (Å²) < 4.78 is 40.9. The van der Waals surface area contributed by atoms with Gasteiger partial charge in [0.2, 0.25) is 15.9 Å². The molecular formula is C18H23FN2O5S. The zero-order chi connectivity index (χ0) is 19.8. The fourth-order valence-electron chi connectivity index (χ4n) is 4.23. The van der Waals surface area contributed by atoms with Gasteiger partial charge >= 0.3 is 5.97 Å². The van der Waals surface area contributed by atoms with E-state index >= 15 is 0 Å². The summed E-state index contributed by atoms with van der Waals surface area (Å²) in [6.45, 7) is 1.36. The van der Waals surface area contributed by atoms with Crippen LogP contribution in [0, 0.1) is 11.7 Å². The summed E-state index contributed by atoms with van der Waals surface area (Å²) in [7, 11) is -4.25. The van der Waals surface area contributed by atoms with Crippen molar-refractivity contribution in [2.24, 2.45) is 5.92 Å². The summed E-state index contributed by atoms with van der Waals surface area (Å²) in [6.07, 6.45) is 3.89. The molecule has 148 valence electrons. The van der Waals surface area contributed by atoms with Crippen molar-refractivity contribution in [3.8, 4) is 0 Å². The molecule has 9 heteroatoms. The third-order valence-electron chi connectivity index (χ3n) is 5.46. The average molecular weight is 398 g/mol. The zero-order valence-electron chi connectivity index (χ0n) is 15.0. The number of likely N-dealkylation sites (tertiary alicyclic amines) is 1. The lowest BCUT2D eigenvalue weighted by Gasteiger charge is -2.34. The van der Waals surface area contributed by atoms with Crippen molar-refractivity contribution in [3.63, 3.8) is 0 Å². The normalized spacial score (nSPS) is 26.4. The van der Waals surface area contributed by atoms with Crippen LogP contribution in [0.2, 0.25) is 0 Å². The quantitative estimate of drug-likeness (QED) is 0.786. The van der Waals surface area contributed by atoms with Crippen molar-refractivity contribution in [1.29, 1.82) is 0 Å². The number of sulfonamides is 1. The average Bonchev–Trinajstić information content (AvgIpc) is 3.00. The number of carbonyl (C=O) groups excluding carboxylic acids is 1. The van der Waals surface area contributed by atoms with Gasteiger partial charge in [-0.25, -0.2) is 17.6 Å². The number of hydrogen-bond acceptors (Lipinski definition) is 4. The standard InChI is InChI=1S/C18H23FN2O5S/c1-11(20-27(25,26)16-9-5-3-7-13(16)19)17(22)21-14-8-4-2-6-12(14)10-15(21)18(23)24/h3,5,7,9,11-12,14-15,20H,2,4,6,8,10H2,1H3,(H,23,24). The predicted molar refractivity (Wildman–Crippen MR) is 94.8 cm³/mol. The largest absolute Gasteiger partial charge is 0.480 e. The van der Waals surface area contributed by atoms with E-state index in [2.05, 4.69) is 4.72 Å². The van der Waals surface area contributed by atoms with Crippen molar-refractivity contribution in [2.45, 2.75) is 62.0 Å². The van der Waals surface area contributed by atoms with Crippen LogP contribution in [0.1, 0.15) is 39.0 Å². The lowest BCUT2D eigenvalue weighted by molar-refractivity contribution is -0.150. The van der Waals surface area contributed by atoms with Crippen LogP contribution in [0.4, 0.5) is 4.39 Å². The summed E-state index contributed by atoms with van der Waals surface area (Å²) in [4.78, 5) is 25.4. The molecule has 0 bridgehead atoms. The second-order valence-corrected chi connectivity index (χ2v) is 8.90. The van der Waals surface area contributed by atoms with Crippen molar-refractivity contribution in [3.05, 3.63) is 30.1 Å². The Balaban J connectivity index is 1.81. The highest BCUT2D eigenvalue weighted by molar-refractivity contribution is 7.89. The Labute approximate surface area is 157 Å². The van der Waals surface area contributed by atoms with E-state index in [4.69, 9.17) is 0 Å². The van der Waals surface area contributed by atoms with Crippen LogP contribution in [0.15, 0.2) is 29.2 Å². The molecule has 1 heterocycles. The maximum Gasteiger partial charge on any atom is 0.326 e. The molecule has 1 aromatic carbocycles. The molecule has 2 aliphatic rings. The first-order chi connectivity index (χ1) is 12.7. The van der Waals surface area contributed by atoms with Crippen molar-refractivity contribution >= 4 is 21.9 Å². The van der Waals surface area contributed by atoms with Gasteiger partial charge in [0.1, 0.15) is 16.8 Å². The van der Waals surface area contributed by atoms with Gasteiger partial charge in [-0.2, -0.15) is 4.72 Å². The minimum absolute atomic E-state index is 0.124. The van der Waals surface area contributed by atoms with E-state index in [1.807, 2.05) is 0 Å². The van der Waals surface area contributed by atoms with E-state index in [-0.39, 0.29) is 12.0 Å². The maximum absolute atomic E-state index is 13.8. The number of nitrogens with one attached hydrogen (secondary N) is 1. The molecule has 7 nitrogen and oxygen atoms in total. The monoisotopic (exact) mass is 398 g/mol. The van der Waals surface area contributed by atoms with Gasteiger partial charge in [-0.3, -0.25) is 4.79 Å². The van der Waals surface area contributed by atoms with Crippen molar-refractivity contribution in [1.82, 2.24) is 9.62 Å². The van der Waals surface area contributed by atoms with Crippen LogP contribution in [-0.2, 0) is 19.6 Å². The second kappa shape index (κ2) is 7.55. The van der Waals surface area contributed by atoms with E-state index in [0.717, 1.165) is 31.4 Å². The molecule has 1 saturated carbocycles. The fraction of sp³-hybridized carbons (Fsp3) is 0.556. The van der Waals surface area contributed by atoms with Crippen LogP contribution in [0.5, 0.6) is 0 Å². The Morgan fingerprint density at radius 1 is 1.26 bits per heavy atom. The molecule has 0 radical (unpaired) electrons. The summed E-state index contributed by atoms with van der Waals surface area (Å²) in [5.41, 5.74) is 0. The third-order valence-corrected chi connectivity index (χ3v) is 7.03. The summed E-state index contributed by atoms with van der Waals surface area (Å²) in [6, 6.07) is 2.55. The lowest BCUT2D eigenvalue weighted by atomic mass is 9.84. The van der Waals surface area contributed by atoms with Gasteiger partial charge in [0.15, 0.2) is 0 Å². The number of nitrogens with zero attached hydrogens (tertiary/aromatic N) is 1. The highest BCUT2D eigenvalue weighted by atomic mass is 32.2. The smallest absolute Gasteiger partial charge is 0.326 e. The van der Waals surface area contributed by atoms with Crippen LogP contribution in [-0.4, -0.2) is 48.4 Å². The Morgan fingerprint density at radius 2 is 1.93 bits per heavy atom. The number of fused-ring (bicyclic) bond motifs is 1. The molecule has 0 aromatic heterocycles. The molecule has 27 heavy (non-hydrogen) atoms. The molecule has 0 spiro atoms. The van der Waals surface area contributed by atoms with Gasteiger partial charge in [-0.05, 0) is 44.2 Å². The number of amides is 1.